The van der Waals surface area contributed by atoms with Crippen LogP contribution in [0.15, 0.2) is 0 Å². The van der Waals surface area contributed by atoms with Crippen molar-refractivity contribution in [2.24, 2.45) is 23.5 Å². The summed E-state index contributed by atoms with van der Waals surface area (Å²) in [6, 6.07) is -4.25. The van der Waals surface area contributed by atoms with Crippen molar-refractivity contribution in [3.8, 4) is 0 Å². The van der Waals surface area contributed by atoms with Crippen molar-refractivity contribution >= 4 is 23.7 Å². The molecule has 0 aromatic carbocycles. The van der Waals surface area contributed by atoms with Gasteiger partial charge in [0.15, 0.2) is 0 Å². The van der Waals surface area contributed by atoms with Gasteiger partial charge in [0.2, 0.25) is 17.7 Å². The van der Waals surface area contributed by atoms with Crippen molar-refractivity contribution in [2.45, 2.75) is 78.6 Å². The first-order chi connectivity index (χ1) is 13.8. The van der Waals surface area contributed by atoms with E-state index in [0.29, 0.717) is 6.42 Å². The van der Waals surface area contributed by atoms with Crippen LogP contribution in [0.1, 0.15) is 54.4 Å². The molecule has 0 aromatic rings. The van der Waals surface area contributed by atoms with Crippen LogP contribution in [-0.4, -0.2) is 64.7 Å². The molecule has 0 aliphatic carbocycles. The van der Waals surface area contributed by atoms with Crippen LogP contribution in [0.25, 0.3) is 0 Å². The second kappa shape index (κ2) is 13.2. The number of amides is 3. The lowest BCUT2D eigenvalue weighted by molar-refractivity contribution is -0.143. The highest BCUT2D eigenvalue weighted by molar-refractivity contribution is 5.94. The van der Waals surface area contributed by atoms with E-state index in [-0.39, 0.29) is 24.2 Å². The molecule has 0 radical (unpaired) electrons. The molecular weight excluding hydrogens is 392 g/mol. The highest BCUT2D eigenvalue weighted by atomic mass is 16.4. The molecule has 174 valence electrons. The van der Waals surface area contributed by atoms with Crippen molar-refractivity contribution < 1.29 is 29.4 Å². The SMILES string of the molecule is CCC(C)C(N)C(=O)NC(CO)C(=O)NC(C(=O)NC(CC(C)C)C(=O)O)C(C)C. The van der Waals surface area contributed by atoms with Gasteiger partial charge in [-0.05, 0) is 24.2 Å². The Kier molecular flexibility index (Phi) is 12.2. The standard InChI is InChI=1S/C20H38N4O6/c1-7-12(6)15(21)18(27)23-14(9-25)17(26)24-16(11(4)5)19(28)22-13(20(29)30)8-10(2)3/h10-16,25H,7-9,21H2,1-6H3,(H,22,28)(H,23,27)(H,24,26)(H,29,30). The fourth-order valence-electron chi connectivity index (χ4n) is 2.72. The summed E-state index contributed by atoms with van der Waals surface area (Å²) in [5, 5.41) is 26.2. The minimum atomic E-state index is -1.28. The number of hydrogen-bond acceptors (Lipinski definition) is 6. The number of aliphatic hydroxyl groups is 1. The normalized spacial score (nSPS) is 16.3. The van der Waals surface area contributed by atoms with Crippen molar-refractivity contribution in [3.05, 3.63) is 0 Å². The molecule has 0 aliphatic rings. The molecule has 10 nitrogen and oxygen atoms in total. The van der Waals surface area contributed by atoms with Gasteiger partial charge in [-0.15, -0.1) is 0 Å². The van der Waals surface area contributed by atoms with Crippen LogP contribution in [0, 0.1) is 17.8 Å². The average molecular weight is 431 g/mol. The van der Waals surface area contributed by atoms with Gasteiger partial charge in [-0.3, -0.25) is 14.4 Å². The molecule has 3 amide bonds. The first-order valence-electron chi connectivity index (χ1n) is 10.4. The Morgan fingerprint density at radius 2 is 1.40 bits per heavy atom. The van der Waals surface area contributed by atoms with Crippen molar-refractivity contribution in [1.29, 1.82) is 0 Å². The highest BCUT2D eigenvalue weighted by Gasteiger charge is 2.32. The fraction of sp³-hybridized carbons (Fsp3) is 0.800. The molecule has 5 atom stereocenters. The summed E-state index contributed by atoms with van der Waals surface area (Å²) in [5.74, 6) is -3.58. The minimum absolute atomic E-state index is 0.0437. The zero-order valence-corrected chi connectivity index (χ0v) is 18.8. The Bertz CT molecular complexity index is 596. The number of carbonyl (C=O) groups is 4. The first-order valence-corrected chi connectivity index (χ1v) is 10.4. The maximum atomic E-state index is 12.6. The van der Waals surface area contributed by atoms with E-state index in [1.54, 1.807) is 20.8 Å². The Hall–Kier alpha value is -2.20. The summed E-state index contributed by atoms with van der Waals surface area (Å²) in [5.41, 5.74) is 5.85. The van der Waals surface area contributed by atoms with Gasteiger partial charge >= 0.3 is 5.97 Å². The van der Waals surface area contributed by atoms with E-state index in [1.807, 2.05) is 20.8 Å². The maximum Gasteiger partial charge on any atom is 0.326 e. The second-order valence-corrected chi connectivity index (χ2v) is 8.41. The Labute approximate surface area is 178 Å². The van der Waals surface area contributed by atoms with Crippen molar-refractivity contribution in [3.63, 3.8) is 0 Å². The van der Waals surface area contributed by atoms with Crippen LogP contribution in [0.5, 0.6) is 0 Å². The van der Waals surface area contributed by atoms with E-state index in [2.05, 4.69) is 16.0 Å². The zero-order chi connectivity index (χ0) is 23.6. The molecule has 5 unspecified atom stereocenters. The maximum absolute atomic E-state index is 12.6. The van der Waals surface area contributed by atoms with Crippen LogP contribution in [0.4, 0.5) is 0 Å². The molecule has 0 fully saturated rings. The number of nitrogens with two attached hydrogens (primary N) is 1. The van der Waals surface area contributed by atoms with Crippen molar-refractivity contribution in [2.75, 3.05) is 6.61 Å². The van der Waals surface area contributed by atoms with Gasteiger partial charge in [-0.2, -0.15) is 0 Å². The number of aliphatic carboxylic acids is 1. The predicted octanol–water partition coefficient (Wildman–Crippen LogP) is -0.407. The molecule has 0 aromatic heterocycles. The predicted molar refractivity (Wildman–Crippen MR) is 112 cm³/mol. The highest BCUT2D eigenvalue weighted by Crippen LogP contribution is 2.09. The summed E-state index contributed by atoms with van der Waals surface area (Å²) >= 11 is 0. The Morgan fingerprint density at radius 1 is 0.867 bits per heavy atom. The van der Waals surface area contributed by atoms with E-state index in [1.165, 1.54) is 0 Å². The number of nitrogens with one attached hydrogen (secondary N) is 3. The number of rotatable bonds is 13. The largest absolute Gasteiger partial charge is 0.480 e. The first kappa shape index (κ1) is 27.8. The van der Waals surface area contributed by atoms with Gasteiger partial charge in [0.1, 0.15) is 18.1 Å². The molecule has 10 heteroatoms. The molecule has 0 saturated heterocycles. The van der Waals surface area contributed by atoms with E-state index in [0.717, 1.165) is 0 Å². The summed E-state index contributed by atoms with van der Waals surface area (Å²) in [6.45, 7) is 10.0. The van der Waals surface area contributed by atoms with E-state index in [9.17, 15) is 29.4 Å². The van der Waals surface area contributed by atoms with Gasteiger partial charge in [-0.25, -0.2) is 4.79 Å². The Balaban J connectivity index is 5.21. The third-order valence-electron chi connectivity index (χ3n) is 4.94. The van der Waals surface area contributed by atoms with E-state index < -0.39 is 54.5 Å². The lowest BCUT2D eigenvalue weighted by Crippen LogP contribution is -2.59. The summed E-state index contributed by atoms with van der Waals surface area (Å²) < 4.78 is 0. The third kappa shape index (κ3) is 9.08. The lowest BCUT2D eigenvalue weighted by Gasteiger charge is -2.27. The van der Waals surface area contributed by atoms with Crippen LogP contribution < -0.4 is 21.7 Å². The van der Waals surface area contributed by atoms with Crippen LogP contribution in [-0.2, 0) is 19.2 Å². The fourth-order valence-corrected chi connectivity index (χ4v) is 2.72. The molecule has 0 saturated carbocycles. The number of aliphatic hydroxyl groups excluding tert-OH is 1. The number of carboxylic acid groups (broad SMARTS) is 1. The number of hydrogen-bond donors (Lipinski definition) is 6. The van der Waals surface area contributed by atoms with Crippen molar-refractivity contribution in [1.82, 2.24) is 16.0 Å². The zero-order valence-electron chi connectivity index (χ0n) is 18.8. The molecular formula is C20H38N4O6. The van der Waals surface area contributed by atoms with E-state index in [4.69, 9.17) is 5.73 Å². The summed E-state index contributed by atoms with van der Waals surface area (Å²) in [7, 11) is 0. The summed E-state index contributed by atoms with van der Waals surface area (Å²) in [6.07, 6.45) is 0.907. The van der Waals surface area contributed by atoms with Gasteiger partial charge in [-0.1, -0.05) is 48.0 Å². The Morgan fingerprint density at radius 3 is 1.80 bits per heavy atom. The van der Waals surface area contributed by atoms with E-state index >= 15 is 0 Å². The molecule has 0 bridgehead atoms. The van der Waals surface area contributed by atoms with Gasteiger partial charge in [0.25, 0.3) is 0 Å². The molecule has 0 rings (SSSR count). The minimum Gasteiger partial charge on any atom is -0.480 e. The molecule has 7 N–H and O–H groups in total. The summed E-state index contributed by atoms with van der Waals surface area (Å²) in [4.78, 5) is 48.8. The monoisotopic (exact) mass is 430 g/mol. The van der Waals surface area contributed by atoms with Crippen LogP contribution in [0.3, 0.4) is 0 Å². The molecule has 0 aliphatic heterocycles. The molecule has 30 heavy (non-hydrogen) atoms. The second-order valence-electron chi connectivity index (χ2n) is 8.41. The number of carbonyl (C=O) groups excluding carboxylic acids is 3. The quantitative estimate of drug-likeness (QED) is 0.231. The lowest BCUT2D eigenvalue weighted by atomic mass is 9.99. The molecule has 0 heterocycles. The van der Waals surface area contributed by atoms with Gasteiger partial charge in [0.05, 0.1) is 12.6 Å². The van der Waals surface area contributed by atoms with Crippen LogP contribution >= 0.6 is 0 Å². The van der Waals surface area contributed by atoms with Gasteiger partial charge < -0.3 is 31.9 Å². The smallest absolute Gasteiger partial charge is 0.326 e. The van der Waals surface area contributed by atoms with Crippen LogP contribution in [0.2, 0.25) is 0 Å². The number of carboxylic acids is 1. The topological polar surface area (TPSA) is 171 Å². The third-order valence-corrected chi connectivity index (χ3v) is 4.94. The van der Waals surface area contributed by atoms with Gasteiger partial charge in [0, 0.05) is 0 Å². The average Bonchev–Trinajstić information content (AvgIpc) is 2.66. The molecule has 0 spiro atoms.